The van der Waals surface area contributed by atoms with Crippen LogP contribution in [0.3, 0.4) is 0 Å². The molecule has 0 atom stereocenters. The van der Waals surface area contributed by atoms with Gasteiger partial charge in [-0.25, -0.2) is 0 Å². The van der Waals surface area contributed by atoms with E-state index in [0.29, 0.717) is 17.3 Å². The lowest BCUT2D eigenvalue weighted by molar-refractivity contribution is -0.137. The van der Waals surface area contributed by atoms with Crippen LogP contribution in [0.1, 0.15) is 19.6 Å². The molecule has 0 aliphatic heterocycles. The van der Waals surface area contributed by atoms with Crippen LogP contribution in [-0.2, 0) is 4.79 Å². The van der Waals surface area contributed by atoms with E-state index in [-0.39, 0.29) is 11.9 Å². The van der Waals surface area contributed by atoms with Crippen molar-refractivity contribution in [1.82, 2.24) is 0 Å². The molecule has 0 fully saturated rings. The quantitative estimate of drug-likeness (QED) is 0.770. The predicted molar refractivity (Wildman–Crippen MR) is 69.4 cm³/mol. The summed E-state index contributed by atoms with van der Waals surface area (Å²) >= 11 is 0. The average Bonchev–Trinajstić information content (AvgIpc) is 2.72. The van der Waals surface area contributed by atoms with Crippen molar-refractivity contribution >= 4 is 5.97 Å². The number of aryl methyl sites for hydroxylation is 1. The summed E-state index contributed by atoms with van der Waals surface area (Å²) in [4.78, 5) is 11.5. The lowest BCUT2D eigenvalue weighted by atomic mass is 10.2. The Morgan fingerprint density at radius 2 is 1.89 bits per heavy atom. The second kappa shape index (κ2) is 5.08. The molecule has 3 nitrogen and oxygen atoms in total. The summed E-state index contributed by atoms with van der Waals surface area (Å²) in [5, 5.41) is 0. The molecular weight excluding hydrogens is 228 g/mol. The normalized spacial score (nSPS) is 10.7. The summed E-state index contributed by atoms with van der Waals surface area (Å²) < 4.78 is 10.9. The van der Waals surface area contributed by atoms with E-state index >= 15 is 0 Å². The molecule has 2 rings (SSSR count). The number of hydrogen-bond acceptors (Lipinski definition) is 3. The molecule has 0 aliphatic rings. The van der Waals surface area contributed by atoms with Crippen LogP contribution in [0.5, 0.6) is 5.75 Å². The number of hydrogen-bond donors (Lipinski definition) is 0. The van der Waals surface area contributed by atoms with Crippen molar-refractivity contribution in [3.8, 4) is 17.1 Å². The van der Waals surface area contributed by atoms with Gasteiger partial charge in [0.25, 0.3) is 0 Å². The zero-order valence-corrected chi connectivity index (χ0v) is 10.8. The number of carbonyl (C=O) groups excluding carboxylic acids is 1. The third-order valence-corrected chi connectivity index (χ3v) is 2.61. The van der Waals surface area contributed by atoms with Crippen molar-refractivity contribution in [3.05, 3.63) is 42.2 Å². The molecule has 0 bridgehead atoms. The van der Waals surface area contributed by atoms with Gasteiger partial charge in [0.15, 0.2) is 5.75 Å². The first kappa shape index (κ1) is 12.4. The summed E-state index contributed by atoms with van der Waals surface area (Å²) in [6.45, 7) is 5.39. The Hall–Kier alpha value is -2.03. The summed E-state index contributed by atoms with van der Waals surface area (Å²) in [6, 6.07) is 11.5. The van der Waals surface area contributed by atoms with E-state index in [9.17, 15) is 4.79 Å². The largest absolute Gasteiger partial charge is 0.457 e. The molecule has 18 heavy (non-hydrogen) atoms. The zero-order valence-electron chi connectivity index (χ0n) is 10.8. The maximum Gasteiger partial charge on any atom is 0.313 e. The molecule has 0 amide bonds. The third-order valence-electron chi connectivity index (χ3n) is 2.61. The molecule has 0 spiro atoms. The highest BCUT2D eigenvalue weighted by Gasteiger charge is 2.15. The minimum absolute atomic E-state index is 0.153. The summed E-state index contributed by atoms with van der Waals surface area (Å²) in [5.41, 5.74) is 0.965. The van der Waals surface area contributed by atoms with Crippen molar-refractivity contribution in [3.63, 3.8) is 0 Å². The standard InChI is InChI=1S/C15H16O3/c1-10(2)15(16)18-13-9-14(17-11(13)3)12-7-5-4-6-8-12/h4-10H,1-3H3. The number of rotatable bonds is 3. The highest BCUT2D eigenvalue weighted by molar-refractivity contribution is 5.75. The van der Waals surface area contributed by atoms with Crippen molar-refractivity contribution < 1.29 is 13.9 Å². The van der Waals surface area contributed by atoms with Crippen molar-refractivity contribution in [2.24, 2.45) is 5.92 Å². The van der Waals surface area contributed by atoms with Crippen LogP contribution in [0.25, 0.3) is 11.3 Å². The van der Waals surface area contributed by atoms with Gasteiger partial charge < -0.3 is 9.15 Å². The number of carbonyl (C=O) groups is 1. The Balaban J connectivity index is 2.25. The van der Waals surface area contributed by atoms with Crippen LogP contribution in [0.15, 0.2) is 40.8 Å². The minimum atomic E-state index is -0.251. The SMILES string of the molecule is Cc1oc(-c2ccccc2)cc1OC(=O)C(C)C. The fraction of sp³-hybridized carbons (Fsp3) is 0.267. The highest BCUT2D eigenvalue weighted by Crippen LogP contribution is 2.30. The van der Waals surface area contributed by atoms with Crippen molar-refractivity contribution in [2.75, 3.05) is 0 Å². The fourth-order valence-electron chi connectivity index (χ4n) is 1.54. The first-order chi connectivity index (χ1) is 8.58. The van der Waals surface area contributed by atoms with Crippen molar-refractivity contribution in [2.45, 2.75) is 20.8 Å². The van der Waals surface area contributed by atoms with Crippen LogP contribution in [0.4, 0.5) is 0 Å². The van der Waals surface area contributed by atoms with E-state index in [4.69, 9.17) is 9.15 Å². The fourth-order valence-corrected chi connectivity index (χ4v) is 1.54. The Morgan fingerprint density at radius 3 is 2.50 bits per heavy atom. The first-order valence-electron chi connectivity index (χ1n) is 5.95. The molecule has 1 heterocycles. The van der Waals surface area contributed by atoms with E-state index in [1.165, 1.54) is 0 Å². The Labute approximate surface area is 106 Å². The molecule has 3 heteroatoms. The molecule has 0 aliphatic carbocycles. The van der Waals surface area contributed by atoms with Crippen LogP contribution in [-0.4, -0.2) is 5.97 Å². The molecule has 2 aromatic rings. The van der Waals surface area contributed by atoms with Gasteiger partial charge in [-0.2, -0.15) is 0 Å². The molecule has 94 valence electrons. The summed E-state index contributed by atoms with van der Waals surface area (Å²) in [6.07, 6.45) is 0. The number of benzene rings is 1. The topological polar surface area (TPSA) is 39.4 Å². The maximum absolute atomic E-state index is 11.5. The summed E-state index contributed by atoms with van der Waals surface area (Å²) in [7, 11) is 0. The molecule has 1 aromatic carbocycles. The zero-order chi connectivity index (χ0) is 13.1. The smallest absolute Gasteiger partial charge is 0.313 e. The van der Waals surface area contributed by atoms with Gasteiger partial charge in [0.1, 0.15) is 11.5 Å². The lowest BCUT2D eigenvalue weighted by Crippen LogP contribution is -2.14. The lowest BCUT2D eigenvalue weighted by Gasteiger charge is -2.04. The van der Waals surface area contributed by atoms with Gasteiger partial charge in [-0.15, -0.1) is 0 Å². The number of esters is 1. The van der Waals surface area contributed by atoms with Crippen LogP contribution in [0, 0.1) is 12.8 Å². The molecule has 0 saturated heterocycles. The van der Waals surface area contributed by atoms with Gasteiger partial charge in [0.2, 0.25) is 0 Å². The van der Waals surface area contributed by atoms with E-state index in [1.54, 1.807) is 26.8 Å². The Bertz CT molecular complexity index is 538. The van der Waals surface area contributed by atoms with Gasteiger partial charge in [-0.05, 0) is 6.92 Å². The van der Waals surface area contributed by atoms with E-state index < -0.39 is 0 Å². The van der Waals surface area contributed by atoms with Gasteiger partial charge in [-0.1, -0.05) is 44.2 Å². The number of ether oxygens (including phenoxy) is 1. The summed E-state index contributed by atoms with van der Waals surface area (Å²) in [5.74, 6) is 1.41. The van der Waals surface area contributed by atoms with Crippen LogP contribution < -0.4 is 4.74 Å². The van der Waals surface area contributed by atoms with Gasteiger partial charge in [-0.3, -0.25) is 4.79 Å². The molecule has 0 N–H and O–H groups in total. The molecule has 0 radical (unpaired) electrons. The minimum Gasteiger partial charge on any atom is -0.457 e. The van der Waals surface area contributed by atoms with E-state index in [1.807, 2.05) is 30.3 Å². The maximum atomic E-state index is 11.5. The van der Waals surface area contributed by atoms with E-state index in [2.05, 4.69) is 0 Å². The highest BCUT2D eigenvalue weighted by atomic mass is 16.5. The van der Waals surface area contributed by atoms with Gasteiger partial charge in [0, 0.05) is 11.6 Å². The Morgan fingerprint density at radius 1 is 1.22 bits per heavy atom. The van der Waals surface area contributed by atoms with E-state index in [0.717, 1.165) is 5.56 Å². The predicted octanol–water partition coefficient (Wildman–Crippen LogP) is 3.82. The second-order valence-corrected chi connectivity index (χ2v) is 4.47. The third kappa shape index (κ3) is 2.62. The van der Waals surface area contributed by atoms with Gasteiger partial charge in [0.05, 0.1) is 5.92 Å². The monoisotopic (exact) mass is 244 g/mol. The molecule has 1 aromatic heterocycles. The van der Waals surface area contributed by atoms with Crippen LogP contribution in [0.2, 0.25) is 0 Å². The molecule has 0 unspecified atom stereocenters. The average molecular weight is 244 g/mol. The number of furan rings is 1. The first-order valence-corrected chi connectivity index (χ1v) is 5.95. The van der Waals surface area contributed by atoms with Gasteiger partial charge >= 0.3 is 5.97 Å². The Kier molecular flexibility index (Phi) is 3.51. The van der Waals surface area contributed by atoms with Crippen LogP contribution >= 0.6 is 0 Å². The molecule has 0 saturated carbocycles. The molecular formula is C15H16O3. The van der Waals surface area contributed by atoms with Crippen molar-refractivity contribution in [1.29, 1.82) is 0 Å². The second-order valence-electron chi connectivity index (χ2n) is 4.47.